The minimum absolute atomic E-state index is 0.0763. The smallest absolute Gasteiger partial charge is 0.297 e. The molecule has 1 unspecified atom stereocenters. The molecular weight excluding hydrogens is 356 g/mol. The molecule has 0 amide bonds. The van der Waals surface area contributed by atoms with Gasteiger partial charge in [-0.05, 0) is 24.3 Å². The Balaban J connectivity index is 2.05. The topological polar surface area (TPSA) is 107 Å². The van der Waals surface area contributed by atoms with Gasteiger partial charge in [0.05, 0.1) is 23.0 Å². The van der Waals surface area contributed by atoms with E-state index in [2.05, 4.69) is 0 Å². The van der Waals surface area contributed by atoms with Crippen LogP contribution >= 0.6 is 0 Å². The summed E-state index contributed by atoms with van der Waals surface area (Å²) in [7, 11) is -8.21. The van der Waals surface area contributed by atoms with Crippen molar-refractivity contribution >= 4 is 20.2 Å². The van der Waals surface area contributed by atoms with E-state index in [1.54, 1.807) is 12.1 Å². The highest BCUT2D eigenvalue weighted by atomic mass is 32.2. The molecule has 0 radical (unpaired) electrons. The first-order chi connectivity index (χ1) is 11.3. The Bertz CT molecular complexity index is 847. The van der Waals surface area contributed by atoms with Crippen LogP contribution in [0.4, 0.5) is 0 Å². The molecule has 2 rings (SSSR count). The first-order valence-corrected chi connectivity index (χ1v) is 9.70. The molecule has 0 aromatic heterocycles. The lowest BCUT2D eigenvalue weighted by molar-refractivity contribution is 0.0787. The van der Waals surface area contributed by atoms with E-state index in [9.17, 15) is 21.9 Å². The van der Waals surface area contributed by atoms with Crippen molar-refractivity contribution in [3.8, 4) is 0 Å². The van der Waals surface area contributed by atoms with E-state index in [-0.39, 0.29) is 9.79 Å². The van der Waals surface area contributed by atoms with Gasteiger partial charge in [-0.3, -0.25) is 8.37 Å². The predicted molar refractivity (Wildman–Crippen MR) is 85.2 cm³/mol. The third-order valence-corrected chi connectivity index (χ3v) is 5.61. The summed E-state index contributed by atoms with van der Waals surface area (Å²) in [6, 6.07) is 14.7. The van der Waals surface area contributed by atoms with Crippen LogP contribution in [0.15, 0.2) is 70.5 Å². The Kier molecular flexibility index (Phi) is 6.08. The second-order valence-corrected chi connectivity index (χ2v) is 7.91. The Hall–Kier alpha value is -1.78. The van der Waals surface area contributed by atoms with Crippen LogP contribution in [0, 0.1) is 0 Å². The van der Waals surface area contributed by atoms with Gasteiger partial charge in [-0.1, -0.05) is 36.4 Å². The maximum Gasteiger partial charge on any atom is 0.297 e. The summed E-state index contributed by atoms with van der Waals surface area (Å²) in [5.74, 6) is 0. The molecule has 2 aromatic carbocycles. The molecule has 2 aromatic rings. The number of aliphatic hydroxyl groups excluding tert-OH is 1. The fourth-order valence-corrected chi connectivity index (χ4v) is 3.79. The molecule has 0 aliphatic carbocycles. The first-order valence-electron chi connectivity index (χ1n) is 6.89. The van der Waals surface area contributed by atoms with Crippen LogP contribution in [0.5, 0.6) is 0 Å². The molecule has 0 saturated heterocycles. The van der Waals surface area contributed by atoms with Crippen LogP contribution < -0.4 is 0 Å². The number of hydrogen-bond donors (Lipinski definition) is 1. The first kappa shape index (κ1) is 18.6. The second kappa shape index (κ2) is 7.86. The van der Waals surface area contributed by atoms with E-state index >= 15 is 0 Å². The Labute approximate surface area is 140 Å². The highest BCUT2D eigenvalue weighted by Crippen LogP contribution is 2.16. The molecule has 0 fully saturated rings. The standard InChI is InChI=1S/C15H16O7S2/c16-11-13(22-24(19,20)15-9-5-2-6-10-15)12-21-23(17,18)14-7-3-1-4-8-14/h1-10,13,16H,11-12H2. The summed E-state index contributed by atoms with van der Waals surface area (Å²) in [5.41, 5.74) is 0. The Morgan fingerprint density at radius 3 is 1.71 bits per heavy atom. The molecule has 0 bridgehead atoms. The summed E-state index contributed by atoms with van der Waals surface area (Å²) >= 11 is 0. The zero-order valence-corrected chi connectivity index (χ0v) is 14.1. The lowest BCUT2D eigenvalue weighted by Gasteiger charge is -2.15. The number of benzene rings is 2. The average molecular weight is 372 g/mol. The van der Waals surface area contributed by atoms with Crippen molar-refractivity contribution in [3.05, 3.63) is 60.7 Å². The van der Waals surface area contributed by atoms with E-state index in [4.69, 9.17) is 8.37 Å². The van der Waals surface area contributed by atoms with Crippen LogP contribution in [0.1, 0.15) is 0 Å². The summed E-state index contributed by atoms with van der Waals surface area (Å²) in [4.78, 5) is -0.179. The molecule has 0 saturated carbocycles. The predicted octanol–water partition coefficient (Wildman–Crippen LogP) is 1.16. The van der Waals surface area contributed by atoms with Gasteiger partial charge >= 0.3 is 0 Å². The quantitative estimate of drug-likeness (QED) is 0.693. The Morgan fingerprint density at radius 1 is 0.792 bits per heavy atom. The van der Waals surface area contributed by atoms with E-state index in [0.717, 1.165) is 0 Å². The summed E-state index contributed by atoms with van der Waals surface area (Å²) in [6.45, 7) is -1.36. The van der Waals surface area contributed by atoms with Gasteiger partial charge in [0.25, 0.3) is 20.2 Å². The maximum absolute atomic E-state index is 12.1. The van der Waals surface area contributed by atoms with Crippen molar-refractivity contribution < 1.29 is 30.3 Å². The minimum atomic E-state index is -4.14. The molecular formula is C15H16O7S2. The van der Waals surface area contributed by atoms with Crippen LogP contribution in [-0.2, 0) is 28.6 Å². The molecule has 24 heavy (non-hydrogen) atoms. The fourth-order valence-electron chi connectivity index (χ4n) is 1.75. The van der Waals surface area contributed by atoms with Crippen molar-refractivity contribution in [2.45, 2.75) is 15.9 Å². The number of rotatable bonds is 8. The summed E-state index contributed by atoms with van der Waals surface area (Å²) in [6.07, 6.45) is -1.35. The van der Waals surface area contributed by atoms with Crippen LogP contribution in [0.2, 0.25) is 0 Å². The van der Waals surface area contributed by atoms with E-state index < -0.39 is 39.6 Å². The minimum Gasteiger partial charge on any atom is -0.394 e. The zero-order chi connectivity index (χ0) is 17.6. The third kappa shape index (κ3) is 4.86. The molecule has 1 N–H and O–H groups in total. The lowest BCUT2D eigenvalue weighted by Crippen LogP contribution is -2.28. The fraction of sp³-hybridized carbons (Fsp3) is 0.200. The molecule has 0 aliphatic heterocycles. The van der Waals surface area contributed by atoms with Crippen molar-refractivity contribution in [1.82, 2.24) is 0 Å². The Morgan fingerprint density at radius 2 is 1.25 bits per heavy atom. The maximum atomic E-state index is 12.1. The highest BCUT2D eigenvalue weighted by Gasteiger charge is 2.24. The van der Waals surface area contributed by atoms with Gasteiger partial charge in [0.1, 0.15) is 6.10 Å². The third-order valence-electron chi connectivity index (χ3n) is 2.94. The number of aliphatic hydroxyl groups is 1. The van der Waals surface area contributed by atoms with Gasteiger partial charge in [0, 0.05) is 0 Å². The van der Waals surface area contributed by atoms with Crippen LogP contribution in [0.25, 0.3) is 0 Å². The van der Waals surface area contributed by atoms with Crippen molar-refractivity contribution in [1.29, 1.82) is 0 Å². The highest BCUT2D eigenvalue weighted by molar-refractivity contribution is 7.87. The lowest BCUT2D eigenvalue weighted by atomic mass is 10.4. The van der Waals surface area contributed by atoms with Crippen molar-refractivity contribution in [2.24, 2.45) is 0 Å². The normalized spacial score (nSPS) is 13.5. The van der Waals surface area contributed by atoms with Gasteiger partial charge < -0.3 is 5.11 Å². The second-order valence-electron chi connectivity index (χ2n) is 4.72. The summed E-state index contributed by atoms with van der Waals surface area (Å²) in [5, 5.41) is 9.24. The van der Waals surface area contributed by atoms with Gasteiger partial charge in [-0.15, -0.1) is 0 Å². The van der Waals surface area contributed by atoms with E-state index in [1.807, 2.05) is 0 Å². The molecule has 7 nitrogen and oxygen atoms in total. The van der Waals surface area contributed by atoms with E-state index in [0.29, 0.717) is 0 Å². The van der Waals surface area contributed by atoms with Gasteiger partial charge in [0.15, 0.2) is 0 Å². The molecule has 9 heteroatoms. The molecule has 1 atom stereocenters. The van der Waals surface area contributed by atoms with Crippen molar-refractivity contribution in [2.75, 3.05) is 13.2 Å². The van der Waals surface area contributed by atoms with Gasteiger partial charge in [0.2, 0.25) is 0 Å². The van der Waals surface area contributed by atoms with Crippen LogP contribution in [0.3, 0.4) is 0 Å². The van der Waals surface area contributed by atoms with Gasteiger partial charge in [-0.25, -0.2) is 0 Å². The molecule has 0 aliphatic rings. The average Bonchev–Trinajstić information content (AvgIpc) is 2.60. The van der Waals surface area contributed by atoms with E-state index in [1.165, 1.54) is 48.5 Å². The SMILES string of the molecule is O=S(=O)(OCC(CO)OS(=O)(=O)c1ccccc1)c1ccccc1. The molecule has 0 heterocycles. The largest absolute Gasteiger partial charge is 0.394 e. The zero-order valence-electron chi connectivity index (χ0n) is 12.5. The summed E-state index contributed by atoms with van der Waals surface area (Å²) < 4.78 is 57.7. The van der Waals surface area contributed by atoms with Crippen molar-refractivity contribution in [3.63, 3.8) is 0 Å². The number of hydrogen-bond acceptors (Lipinski definition) is 7. The van der Waals surface area contributed by atoms with Crippen LogP contribution in [-0.4, -0.2) is 41.3 Å². The van der Waals surface area contributed by atoms with Gasteiger partial charge in [-0.2, -0.15) is 16.8 Å². The molecule has 130 valence electrons. The monoisotopic (exact) mass is 372 g/mol. The molecule has 0 spiro atoms.